The zero-order chi connectivity index (χ0) is 17.3. The summed E-state index contributed by atoms with van der Waals surface area (Å²) in [6, 6.07) is 7.57. The highest BCUT2D eigenvalue weighted by atomic mass is 32.2. The number of aromatic amines is 1. The molecule has 0 saturated carbocycles. The molecule has 3 rings (SSSR count). The summed E-state index contributed by atoms with van der Waals surface area (Å²) in [5, 5.41) is 6.81. The van der Waals surface area contributed by atoms with Gasteiger partial charge in [0.15, 0.2) is 0 Å². The smallest absolute Gasteiger partial charge is 0.247 e. The number of rotatable bonds is 5. The molecule has 1 unspecified atom stereocenters. The molecule has 0 spiro atoms. The molecule has 6 nitrogen and oxygen atoms in total. The van der Waals surface area contributed by atoms with Crippen molar-refractivity contribution in [2.45, 2.75) is 44.6 Å². The minimum atomic E-state index is -3.57. The minimum Gasteiger partial charge on any atom is -0.494 e. The number of hydrogen-bond donors (Lipinski definition) is 1. The molecular weight excluding hydrogens is 326 g/mol. The number of hydrogen-bond acceptors (Lipinski definition) is 4. The fourth-order valence-corrected chi connectivity index (χ4v) is 5.37. The van der Waals surface area contributed by atoms with Gasteiger partial charge < -0.3 is 4.74 Å². The summed E-state index contributed by atoms with van der Waals surface area (Å²) in [6.07, 6.45) is 1.68. The molecule has 1 saturated heterocycles. The van der Waals surface area contributed by atoms with Crippen LogP contribution in [-0.2, 0) is 10.0 Å². The molecular formula is C17H23N3O3S. The van der Waals surface area contributed by atoms with Crippen LogP contribution in [0.1, 0.15) is 42.8 Å². The first-order chi connectivity index (χ1) is 11.4. The Hall–Kier alpha value is -1.86. The molecule has 1 aliphatic heterocycles. The van der Waals surface area contributed by atoms with Gasteiger partial charge in [-0.05, 0) is 51.3 Å². The summed E-state index contributed by atoms with van der Waals surface area (Å²) in [5.41, 5.74) is 2.10. The minimum absolute atomic E-state index is 0.139. The van der Waals surface area contributed by atoms with Crippen molar-refractivity contribution in [3.8, 4) is 5.75 Å². The molecule has 1 aromatic carbocycles. The fourth-order valence-electron chi connectivity index (χ4n) is 3.35. The second-order valence-electron chi connectivity index (χ2n) is 6.04. The standard InChI is InChI=1S/C17H23N3O3S/c1-4-23-15-9-7-14(8-10-15)16-6-5-11-20(16)24(21,22)17-12(2)18-19-13(17)3/h7-10,16H,4-6,11H2,1-3H3,(H,18,19). The molecule has 0 aliphatic carbocycles. The highest BCUT2D eigenvalue weighted by Crippen LogP contribution is 2.38. The summed E-state index contributed by atoms with van der Waals surface area (Å²) in [4.78, 5) is 0.306. The summed E-state index contributed by atoms with van der Waals surface area (Å²) in [7, 11) is -3.57. The fraction of sp³-hybridized carbons (Fsp3) is 0.471. The van der Waals surface area contributed by atoms with Crippen LogP contribution in [0.2, 0.25) is 0 Å². The third-order valence-electron chi connectivity index (χ3n) is 4.41. The molecule has 1 aliphatic rings. The lowest BCUT2D eigenvalue weighted by molar-refractivity contribution is 0.339. The highest BCUT2D eigenvalue weighted by molar-refractivity contribution is 7.89. The van der Waals surface area contributed by atoms with Crippen molar-refractivity contribution in [1.82, 2.24) is 14.5 Å². The van der Waals surface area contributed by atoms with E-state index in [0.29, 0.717) is 29.4 Å². The van der Waals surface area contributed by atoms with Gasteiger partial charge in [-0.3, -0.25) is 5.10 Å². The Bertz CT molecular complexity index is 793. The first-order valence-corrected chi connectivity index (χ1v) is 9.65. The molecule has 1 N–H and O–H groups in total. The van der Waals surface area contributed by atoms with E-state index < -0.39 is 10.0 Å². The first kappa shape index (κ1) is 17.0. The Labute approximate surface area is 142 Å². The lowest BCUT2D eigenvalue weighted by Crippen LogP contribution is -2.31. The highest BCUT2D eigenvalue weighted by Gasteiger charge is 2.38. The average molecular weight is 349 g/mol. The maximum absolute atomic E-state index is 13.1. The van der Waals surface area contributed by atoms with E-state index in [2.05, 4.69) is 10.2 Å². The number of aromatic nitrogens is 2. The van der Waals surface area contributed by atoms with Gasteiger partial charge in [0.1, 0.15) is 10.6 Å². The van der Waals surface area contributed by atoms with Crippen LogP contribution in [0.4, 0.5) is 0 Å². The number of nitrogens with zero attached hydrogens (tertiary/aromatic N) is 2. The van der Waals surface area contributed by atoms with Crippen LogP contribution >= 0.6 is 0 Å². The molecule has 130 valence electrons. The van der Waals surface area contributed by atoms with Gasteiger partial charge in [-0.2, -0.15) is 9.40 Å². The molecule has 1 aromatic heterocycles. The normalized spacial score (nSPS) is 18.9. The van der Waals surface area contributed by atoms with Gasteiger partial charge in [-0.15, -0.1) is 0 Å². The predicted octanol–water partition coefficient (Wildman–Crippen LogP) is 2.95. The van der Waals surface area contributed by atoms with E-state index in [9.17, 15) is 8.42 Å². The lowest BCUT2D eigenvalue weighted by atomic mass is 10.1. The quantitative estimate of drug-likeness (QED) is 0.900. The van der Waals surface area contributed by atoms with Crippen LogP contribution < -0.4 is 4.74 Å². The van der Waals surface area contributed by atoms with Crippen LogP contribution in [0.3, 0.4) is 0 Å². The third kappa shape index (κ3) is 2.93. The van der Waals surface area contributed by atoms with Crippen molar-refractivity contribution in [1.29, 1.82) is 0 Å². The summed E-state index contributed by atoms with van der Waals surface area (Å²) < 4.78 is 33.3. The molecule has 2 heterocycles. The van der Waals surface area contributed by atoms with Crippen LogP contribution in [0, 0.1) is 13.8 Å². The van der Waals surface area contributed by atoms with Gasteiger partial charge in [0.25, 0.3) is 0 Å². The summed E-state index contributed by atoms with van der Waals surface area (Å²) in [6.45, 7) is 6.55. The Kier molecular flexibility index (Phi) is 4.64. The van der Waals surface area contributed by atoms with Crippen LogP contribution in [0.5, 0.6) is 5.75 Å². The first-order valence-electron chi connectivity index (χ1n) is 8.21. The van der Waals surface area contributed by atoms with E-state index in [1.165, 1.54) is 0 Å². The van der Waals surface area contributed by atoms with Gasteiger partial charge in [0, 0.05) is 6.54 Å². The van der Waals surface area contributed by atoms with E-state index in [4.69, 9.17) is 4.74 Å². The van der Waals surface area contributed by atoms with Crippen LogP contribution in [-0.4, -0.2) is 36.1 Å². The van der Waals surface area contributed by atoms with Crippen molar-refractivity contribution in [3.05, 3.63) is 41.2 Å². The molecule has 0 bridgehead atoms. The molecule has 0 amide bonds. The SMILES string of the molecule is CCOc1ccc(C2CCCN2S(=O)(=O)c2c(C)n[nH]c2C)cc1. The van der Waals surface area contributed by atoms with E-state index in [1.807, 2.05) is 31.2 Å². The van der Waals surface area contributed by atoms with E-state index >= 15 is 0 Å². The Balaban J connectivity index is 1.93. The maximum Gasteiger partial charge on any atom is 0.247 e. The van der Waals surface area contributed by atoms with Gasteiger partial charge in [0.05, 0.1) is 24.0 Å². The zero-order valence-corrected chi connectivity index (χ0v) is 15.1. The van der Waals surface area contributed by atoms with Crippen molar-refractivity contribution in [2.75, 3.05) is 13.2 Å². The van der Waals surface area contributed by atoms with Gasteiger partial charge in [0.2, 0.25) is 10.0 Å². The van der Waals surface area contributed by atoms with Crippen molar-refractivity contribution in [3.63, 3.8) is 0 Å². The number of H-pyrrole nitrogens is 1. The van der Waals surface area contributed by atoms with Crippen molar-refractivity contribution < 1.29 is 13.2 Å². The molecule has 1 fully saturated rings. The third-order valence-corrected chi connectivity index (χ3v) is 6.58. The topological polar surface area (TPSA) is 75.3 Å². The van der Waals surface area contributed by atoms with Crippen LogP contribution in [0.25, 0.3) is 0 Å². The monoisotopic (exact) mass is 349 g/mol. The summed E-state index contributed by atoms with van der Waals surface area (Å²) >= 11 is 0. The van der Waals surface area contributed by atoms with Gasteiger partial charge in [-0.1, -0.05) is 12.1 Å². The average Bonchev–Trinajstić information content (AvgIpc) is 3.16. The Morgan fingerprint density at radius 3 is 2.58 bits per heavy atom. The Morgan fingerprint density at radius 2 is 2.00 bits per heavy atom. The Morgan fingerprint density at radius 1 is 1.29 bits per heavy atom. The van der Waals surface area contributed by atoms with Crippen molar-refractivity contribution >= 4 is 10.0 Å². The molecule has 7 heteroatoms. The summed E-state index contributed by atoms with van der Waals surface area (Å²) in [5.74, 6) is 0.801. The largest absolute Gasteiger partial charge is 0.494 e. The maximum atomic E-state index is 13.1. The molecule has 2 aromatic rings. The van der Waals surface area contributed by atoms with E-state index in [1.54, 1.807) is 18.2 Å². The molecule has 0 radical (unpaired) electrons. The van der Waals surface area contributed by atoms with Gasteiger partial charge in [-0.25, -0.2) is 8.42 Å². The molecule has 1 atom stereocenters. The zero-order valence-electron chi connectivity index (χ0n) is 14.2. The molecule has 24 heavy (non-hydrogen) atoms. The second-order valence-corrected chi connectivity index (χ2v) is 7.87. The van der Waals surface area contributed by atoms with E-state index in [-0.39, 0.29) is 6.04 Å². The number of sulfonamides is 1. The van der Waals surface area contributed by atoms with Gasteiger partial charge >= 0.3 is 0 Å². The van der Waals surface area contributed by atoms with E-state index in [0.717, 1.165) is 24.2 Å². The van der Waals surface area contributed by atoms with Crippen molar-refractivity contribution in [2.24, 2.45) is 0 Å². The lowest BCUT2D eigenvalue weighted by Gasteiger charge is -2.24. The second kappa shape index (κ2) is 6.57. The predicted molar refractivity (Wildman–Crippen MR) is 91.5 cm³/mol. The number of aryl methyl sites for hydroxylation is 2. The number of ether oxygens (including phenoxy) is 1. The number of benzene rings is 1. The number of nitrogens with one attached hydrogen (secondary N) is 1. The van der Waals surface area contributed by atoms with Crippen LogP contribution in [0.15, 0.2) is 29.2 Å².